The molecule has 3 atom stereocenters. The van der Waals surface area contributed by atoms with Crippen LogP contribution in [0.2, 0.25) is 0 Å². The van der Waals surface area contributed by atoms with E-state index in [4.69, 9.17) is 10.5 Å². The Hall–Kier alpha value is -1.10. The number of carbonyl (C=O) groups excluding carboxylic acids is 1. The van der Waals surface area contributed by atoms with Gasteiger partial charge in [-0.1, -0.05) is 24.3 Å². The molecule has 3 N–H and O–H groups in total. The first-order valence-corrected chi connectivity index (χ1v) is 7.22. The van der Waals surface area contributed by atoms with Crippen LogP contribution in [0.25, 0.3) is 0 Å². The number of hydrogen-bond acceptors (Lipinski definition) is 3. The van der Waals surface area contributed by atoms with Gasteiger partial charge in [0.1, 0.15) is 0 Å². The van der Waals surface area contributed by atoms with Gasteiger partial charge in [-0.05, 0) is 37.3 Å². The van der Waals surface area contributed by atoms with Crippen LogP contribution in [0.4, 0.5) is 0 Å². The van der Waals surface area contributed by atoms with E-state index in [2.05, 4.69) is 18.3 Å². The molecular weight excluding hydrogens is 288 g/mol. The molecule has 0 saturated heterocycles. The molecule has 21 heavy (non-hydrogen) atoms. The van der Waals surface area contributed by atoms with E-state index in [9.17, 15) is 4.79 Å². The number of hydrogen-bond donors (Lipinski definition) is 2. The second-order valence-electron chi connectivity index (χ2n) is 5.59. The molecule has 2 rings (SSSR count). The van der Waals surface area contributed by atoms with E-state index < -0.39 is 0 Å². The summed E-state index contributed by atoms with van der Waals surface area (Å²) in [4.78, 5) is 12.2. The van der Waals surface area contributed by atoms with Crippen molar-refractivity contribution in [3.05, 3.63) is 35.4 Å². The van der Waals surface area contributed by atoms with Crippen LogP contribution in [0.1, 0.15) is 30.4 Å². The third kappa shape index (κ3) is 4.70. The Balaban J connectivity index is 0.00000220. The molecule has 1 aromatic carbocycles. The third-order valence-corrected chi connectivity index (χ3v) is 4.23. The van der Waals surface area contributed by atoms with E-state index in [-0.39, 0.29) is 36.4 Å². The fourth-order valence-corrected chi connectivity index (χ4v) is 2.80. The lowest BCUT2D eigenvalue weighted by atomic mass is 9.83. The van der Waals surface area contributed by atoms with Crippen molar-refractivity contribution < 1.29 is 9.53 Å². The highest BCUT2D eigenvalue weighted by molar-refractivity contribution is 5.85. The second-order valence-corrected chi connectivity index (χ2v) is 5.59. The number of carbonyl (C=O) groups is 1. The number of methoxy groups -OCH3 is 1. The maximum atomic E-state index is 12.2. The number of nitrogens with two attached hydrogens (primary N) is 1. The lowest BCUT2D eigenvalue weighted by molar-refractivity contribution is -0.128. The molecule has 1 amide bonds. The SMILES string of the molecule is CO[C@H]1C[C@@H](C(=O)NCc2ccccc2C)CC[C@@H]1N.Cl. The van der Waals surface area contributed by atoms with Crippen LogP contribution in [0.15, 0.2) is 24.3 Å². The van der Waals surface area contributed by atoms with Gasteiger partial charge in [-0.2, -0.15) is 0 Å². The van der Waals surface area contributed by atoms with Crippen molar-refractivity contribution in [2.45, 2.75) is 44.9 Å². The molecule has 1 aromatic rings. The number of amides is 1. The van der Waals surface area contributed by atoms with Crippen molar-refractivity contribution in [2.24, 2.45) is 11.7 Å². The summed E-state index contributed by atoms with van der Waals surface area (Å²) in [6, 6.07) is 8.16. The number of nitrogens with one attached hydrogen (secondary N) is 1. The molecule has 1 fully saturated rings. The Morgan fingerprint density at radius 1 is 1.38 bits per heavy atom. The van der Waals surface area contributed by atoms with Crippen LogP contribution in [-0.4, -0.2) is 25.2 Å². The summed E-state index contributed by atoms with van der Waals surface area (Å²) in [6.07, 6.45) is 2.41. The van der Waals surface area contributed by atoms with E-state index in [1.807, 2.05) is 18.2 Å². The number of benzene rings is 1. The average Bonchev–Trinajstić information content (AvgIpc) is 2.46. The minimum Gasteiger partial charge on any atom is -0.380 e. The molecule has 0 heterocycles. The molecule has 0 radical (unpaired) electrons. The average molecular weight is 313 g/mol. The van der Waals surface area contributed by atoms with Gasteiger partial charge in [-0.3, -0.25) is 4.79 Å². The molecular formula is C16H25ClN2O2. The van der Waals surface area contributed by atoms with Gasteiger partial charge in [0.15, 0.2) is 0 Å². The Morgan fingerprint density at radius 2 is 2.10 bits per heavy atom. The number of halogens is 1. The highest BCUT2D eigenvalue weighted by Crippen LogP contribution is 2.25. The lowest BCUT2D eigenvalue weighted by Gasteiger charge is -2.32. The van der Waals surface area contributed by atoms with Crippen molar-refractivity contribution in [2.75, 3.05) is 7.11 Å². The lowest BCUT2D eigenvalue weighted by Crippen LogP contribution is -2.45. The number of ether oxygens (including phenoxy) is 1. The van der Waals surface area contributed by atoms with Crippen molar-refractivity contribution >= 4 is 18.3 Å². The summed E-state index contributed by atoms with van der Waals surface area (Å²) in [5.41, 5.74) is 8.35. The monoisotopic (exact) mass is 312 g/mol. The van der Waals surface area contributed by atoms with Crippen LogP contribution in [0.3, 0.4) is 0 Å². The van der Waals surface area contributed by atoms with Crippen LogP contribution < -0.4 is 11.1 Å². The molecule has 1 aliphatic carbocycles. The van der Waals surface area contributed by atoms with Crippen molar-refractivity contribution in [3.8, 4) is 0 Å². The zero-order valence-electron chi connectivity index (χ0n) is 12.7. The molecule has 1 saturated carbocycles. The van der Waals surface area contributed by atoms with Gasteiger partial charge in [0.05, 0.1) is 6.10 Å². The molecule has 0 aromatic heterocycles. The van der Waals surface area contributed by atoms with Crippen molar-refractivity contribution in [1.29, 1.82) is 0 Å². The molecule has 0 aliphatic heterocycles. The normalized spacial score (nSPS) is 25.0. The quantitative estimate of drug-likeness (QED) is 0.895. The molecule has 0 bridgehead atoms. The van der Waals surface area contributed by atoms with Gasteiger partial charge in [-0.25, -0.2) is 0 Å². The van der Waals surface area contributed by atoms with E-state index >= 15 is 0 Å². The third-order valence-electron chi connectivity index (χ3n) is 4.23. The zero-order chi connectivity index (χ0) is 14.5. The summed E-state index contributed by atoms with van der Waals surface area (Å²) in [6.45, 7) is 2.65. The fourth-order valence-electron chi connectivity index (χ4n) is 2.80. The number of aryl methyl sites for hydroxylation is 1. The van der Waals surface area contributed by atoms with Gasteiger partial charge < -0.3 is 15.8 Å². The maximum Gasteiger partial charge on any atom is 0.223 e. The van der Waals surface area contributed by atoms with E-state index in [0.717, 1.165) is 24.8 Å². The molecule has 0 unspecified atom stereocenters. The fraction of sp³-hybridized carbons (Fsp3) is 0.562. The van der Waals surface area contributed by atoms with Gasteiger partial charge in [0.2, 0.25) is 5.91 Å². The largest absolute Gasteiger partial charge is 0.380 e. The van der Waals surface area contributed by atoms with Gasteiger partial charge in [0, 0.05) is 25.6 Å². The second kappa shape index (κ2) is 8.37. The molecule has 4 nitrogen and oxygen atoms in total. The van der Waals surface area contributed by atoms with E-state index in [1.165, 1.54) is 5.56 Å². The Kier molecular flexibility index (Phi) is 7.15. The van der Waals surface area contributed by atoms with Crippen LogP contribution >= 0.6 is 12.4 Å². The summed E-state index contributed by atoms with van der Waals surface area (Å²) >= 11 is 0. The van der Waals surface area contributed by atoms with Crippen molar-refractivity contribution in [3.63, 3.8) is 0 Å². The highest BCUT2D eigenvalue weighted by Gasteiger charge is 2.31. The summed E-state index contributed by atoms with van der Waals surface area (Å²) in [5.74, 6) is 0.131. The van der Waals surface area contributed by atoms with Crippen molar-refractivity contribution in [1.82, 2.24) is 5.32 Å². The van der Waals surface area contributed by atoms with Crippen LogP contribution in [0.5, 0.6) is 0 Å². The van der Waals surface area contributed by atoms with E-state index in [1.54, 1.807) is 7.11 Å². The maximum absolute atomic E-state index is 12.2. The van der Waals surface area contributed by atoms with E-state index in [0.29, 0.717) is 6.54 Å². The molecule has 0 spiro atoms. The zero-order valence-corrected chi connectivity index (χ0v) is 13.5. The predicted octanol–water partition coefficient (Wildman–Crippen LogP) is 2.18. The first-order valence-electron chi connectivity index (χ1n) is 7.22. The summed E-state index contributed by atoms with van der Waals surface area (Å²) in [7, 11) is 1.66. The number of rotatable bonds is 4. The molecule has 118 valence electrons. The molecule has 5 heteroatoms. The highest BCUT2D eigenvalue weighted by atomic mass is 35.5. The molecule has 1 aliphatic rings. The summed E-state index contributed by atoms with van der Waals surface area (Å²) in [5, 5.41) is 3.03. The summed E-state index contributed by atoms with van der Waals surface area (Å²) < 4.78 is 5.36. The first kappa shape index (κ1) is 18.0. The Morgan fingerprint density at radius 3 is 2.76 bits per heavy atom. The minimum atomic E-state index is -0.00189. The van der Waals surface area contributed by atoms with Gasteiger partial charge >= 0.3 is 0 Å². The topological polar surface area (TPSA) is 64.3 Å². The Bertz CT molecular complexity index is 467. The van der Waals surface area contributed by atoms with Gasteiger partial charge in [-0.15, -0.1) is 12.4 Å². The smallest absolute Gasteiger partial charge is 0.223 e. The van der Waals surface area contributed by atoms with Crippen LogP contribution in [-0.2, 0) is 16.1 Å². The minimum absolute atomic E-state index is 0. The van der Waals surface area contributed by atoms with Gasteiger partial charge in [0.25, 0.3) is 0 Å². The van der Waals surface area contributed by atoms with Crippen LogP contribution in [0, 0.1) is 12.8 Å². The first-order chi connectivity index (χ1) is 9.61. The predicted molar refractivity (Wildman–Crippen MR) is 86.4 cm³/mol. The Labute approximate surface area is 132 Å². The standard InChI is InChI=1S/C16H24N2O2.ClH/c1-11-5-3-4-6-13(11)10-18-16(19)12-7-8-14(17)15(9-12)20-2;/h3-6,12,14-15H,7-10,17H2,1-2H3,(H,18,19);1H/t12-,14-,15-;/m0./s1.